The van der Waals surface area contributed by atoms with Crippen LogP contribution in [-0.4, -0.2) is 9.97 Å². The molecule has 1 unspecified atom stereocenters. The second kappa shape index (κ2) is 6.34. The molecule has 0 saturated carbocycles. The van der Waals surface area contributed by atoms with Crippen LogP contribution in [0.4, 0.5) is 5.82 Å². The number of hydrogen-bond acceptors (Lipinski definition) is 4. The topological polar surface area (TPSA) is 77.8 Å². The Balaban J connectivity index is 1.96. The van der Waals surface area contributed by atoms with Crippen molar-refractivity contribution in [1.29, 1.82) is 0 Å². The summed E-state index contributed by atoms with van der Waals surface area (Å²) in [5, 5.41) is 1.10. The first-order chi connectivity index (χ1) is 11.0. The van der Waals surface area contributed by atoms with E-state index in [1.165, 1.54) is 0 Å². The molecule has 4 heteroatoms. The molecule has 1 aromatic carbocycles. The monoisotopic (exact) mass is 306 g/mol. The third kappa shape index (κ3) is 3.48. The zero-order valence-electron chi connectivity index (χ0n) is 13.5. The lowest BCUT2D eigenvalue weighted by Gasteiger charge is -2.14. The lowest BCUT2D eigenvalue weighted by Crippen LogP contribution is -2.14. The molecule has 0 fully saturated rings. The van der Waals surface area contributed by atoms with Crippen LogP contribution in [0, 0.1) is 5.92 Å². The van der Waals surface area contributed by atoms with Crippen molar-refractivity contribution < 1.29 is 0 Å². The van der Waals surface area contributed by atoms with Gasteiger partial charge < -0.3 is 11.5 Å². The number of benzene rings is 1. The first kappa shape index (κ1) is 15.4. The molecule has 4 N–H and O–H groups in total. The van der Waals surface area contributed by atoms with Gasteiger partial charge in [-0.05, 0) is 53.8 Å². The van der Waals surface area contributed by atoms with E-state index in [9.17, 15) is 0 Å². The van der Waals surface area contributed by atoms with Crippen molar-refractivity contribution in [3.8, 4) is 11.1 Å². The quantitative estimate of drug-likeness (QED) is 0.765. The molecule has 3 aromatic rings. The first-order valence-electron chi connectivity index (χ1n) is 7.91. The van der Waals surface area contributed by atoms with Gasteiger partial charge in [-0.3, -0.25) is 4.98 Å². The van der Waals surface area contributed by atoms with Gasteiger partial charge in [0.25, 0.3) is 0 Å². The number of nitrogen functional groups attached to an aromatic ring is 1. The summed E-state index contributed by atoms with van der Waals surface area (Å²) in [6.45, 7) is 4.35. The van der Waals surface area contributed by atoms with Crippen molar-refractivity contribution in [2.24, 2.45) is 11.7 Å². The predicted molar refractivity (Wildman–Crippen MR) is 95.8 cm³/mol. The number of rotatable bonds is 4. The summed E-state index contributed by atoms with van der Waals surface area (Å²) in [6, 6.07) is 14.1. The minimum Gasteiger partial charge on any atom is -0.384 e. The molecule has 0 amide bonds. The summed E-state index contributed by atoms with van der Waals surface area (Å²) in [6.07, 6.45) is 2.66. The second-order valence-corrected chi connectivity index (χ2v) is 6.35. The van der Waals surface area contributed by atoms with Crippen LogP contribution < -0.4 is 11.5 Å². The van der Waals surface area contributed by atoms with E-state index in [1.54, 1.807) is 6.20 Å². The highest BCUT2D eigenvalue weighted by Crippen LogP contribution is 2.26. The van der Waals surface area contributed by atoms with Gasteiger partial charge in [0.15, 0.2) is 0 Å². The molecule has 0 saturated heterocycles. The molecular weight excluding hydrogens is 284 g/mol. The highest BCUT2D eigenvalue weighted by Gasteiger charge is 2.10. The fourth-order valence-electron chi connectivity index (χ4n) is 2.78. The van der Waals surface area contributed by atoms with E-state index in [1.807, 2.05) is 24.3 Å². The molecule has 23 heavy (non-hydrogen) atoms. The highest BCUT2D eigenvalue weighted by molar-refractivity contribution is 5.84. The van der Waals surface area contributed by atoms with Crippen LogP contribution in [0.1, 0.15) is 32.0 Å². The van der Waals surface area contributed by atoms with Gasteiger partial charge in [0.05, 0.1) is 11.2 Å². The Morgan fingerprint density at radius 1 is 1.00 bits per heavy atom. The molecule has 0 radical (unpaired) electrons. The molecule has 4 nitrogen and oxygen atoms in total. The first-order valence-corrected chi connectivity index (χ1v) is 7.91. The lowest BCUT2D eigenvalue weighted by atomic mass is 10.00. The normalized spacial score (nSPS) is 12.7. The SMILES string of the molecule is CC(C)CC(N)c1ccc2cc(-c3ccnc(N)c3)ccc2n1. The van der Waals surface area contributed by atoms with Gasteiger partial charge in [-0.2, -0.15) is 0 Å². The van der Waals surface area contributed by atoms with E-state index in [0.29, 0.717) is 11.7 Å². The van der Waals surface area contributed by atoms with Crippen LogP contribution >= 0.6 is 0 Å². The number of nitrogens with two attached hydrogens (primary N) is 2. The largest absolute Gasteiger partial charge is 0.384 e. The summed E-state index contributed by atoms with van der Waals surface area (Å²) in [5.41, 5.74) is 16.1. The van der Waals surface area contributed by atoms with Crippen molar-refractivity contribution in [2.45, 2.75) is 26.3 Å². The zero-order chi connectivity index (χ0) is 16.4. The zero-order valence-corrected chi connectivity index (χ0v) is 13.5. The average Bonchev–Trinajstić information content (AvgIpc) is 2.53. The number of nitrogens with zero attached hydrogens (tertiary/aromatic N) is 2. The van der Waals surface area contributed by atoms with Crippen LogP contribution in [0.5, 0.6) is 0 Å². The predicted octanol–water partition coefficient (Wildman–Crippen LogP) is 3.92. The van der Waals surface area contributed by atoms with Crippen molar-refractivity contribution in [2.75, 3.05) is 5.73 Å². The molecule has 118 valence electrons. The van der Waals surface area contributed by atoms with E-state index in [0.717, 1.165) is 34.1 Å². The maximum absolute atomic E-state index is 6.24. The number of aromatic nitrogens is 2. The van der Waals surface area contributed by atoms with Crippen molar-refractivity contribution >= 4 is 16.7 Å². The Morgan fingerprint density at radius 2 is 1.78 bits per heavy atom. The third-order valence-electron chi connectivity index (χ3n) is 3.93. The van der Waals surface area contributed by atoms with Crippen LogP contribution in [0.3, 0.4) is 0 Å². The third-order valence-corrected chi connectivity index (χ3v) is 3.93. The fraction of sp³-hybridized carbons (Fsp3) is 0.263. The Labute approximate surface area is 136 Å². The fourth-order valence-corrected chi connectivity index (χ4v) is 2.78. The van der Waals surface area contributed by atoms with Gasteiger partial charge in [-0.1, -0.05) is 26.0 Å². The molecule has 2 aromatic heterocycles. The van der Waals surface area contributed by atoms with E-state index >= 15 is 0 Å². The molecule has 2 heterocycles. The summed E-state index contributed by atoms with van der Waals surface area (Å²) < 4.78 is 0. The summed E-state index contributed by atoms with van der Waals surface area (Å²) in [4.78, 5) is 8.75. The summed E-state index contributed by atoms with van der Waals surface area (Å²) in [5.74, 6) is 1.08. The van der Waals surface area contributed by atoms with Crippen molar-refractivity contribution in [3.63, 3.8) is 0 Å². The number of anilines is 1. The smallest absolute Gasteiger partial charge is 0.123 e. The van der Waals surface area contributed by atoms with Gasteiger partial charge in [0.2, 0.25) is 0 Å². The molecule has 0 aliphatic carbocycles. The second-order valence-electron chi connectivity index (χ2n) is 6.35. The van der Waals surface area contributed by atoms with Crippen molar-refractivity contribution in [3.05, 3.63) is 54.4 Å². The van der Waals surface area contributed by atoms with Crippen LogP contribution in [0.15, 0.2) is 48.7 Å². The molecule has 0 aliphatic heterocycles. The maximum atomic E-state index is 6.24. The van der Waals surface area contributed by atoms with Gasteiger partial charge in [0.1, 0.15) is 5.82 Å². The molecular formula is C19H22N4. The lowest BCUT2D eigenvalue weighted by molar-refractivity contribution is 0.503. The minimum atomic E-state index is -0.0147. The molecule has 0 spiro atoms. The molecule has 3 rings (SSSR count). The number of pyridine rings is 2. The van der Waals surface area contributed by atoms with E-state index < -0.39 is 0 Å². The van der Waals surface area contributed by atoms with Crippen LogP contribution in [-0.2, 0) is 0 Å². The molecule has 0 bridgehead atoms. The average molecular weight is 306 g/mol. The van der Waals surface area contributed by atoms with Gasteiger partial charge >= 0.3 is 0 Å². The summed E-state index contributed by atoms with van der Waals surface area (Å²) >= 11 is 0. The van der Waals surface area contributed by atoms with E-state index in [2.05, 4.69) is 37.0 Å². The van der Waals surface area contributed by atoms with Crippen LogP contribution in [0.2, 0.25) is 0 Å². The van der Waals surface area contributed by atoms with Crippen molar-refractivity contribution in [1.82, 2.24) is 9.97 Å². The molecule has 1 atom stereocenters. The Kier molecular flexibility index (Phi) is 4.26. The highest BCUT2D eigenvalue weighted by atomic mass is 14.8. The van der Waals surface area contributed by atoms with Gasteiger partial charge in [-0.25, -0.2) is 4.98 Å². The van der Waals surface area contributed by atoms with E-state index in [4.69, 9.17) is 16.5 Å². The van der Waals surface area contributed by atoms with Gasteiger partial charge in [-0.15, -0.1) is 0 Å². The minimum absolute atomic E-state index is 0.0147. The number of hydrogen-bond donors (Lipinski definition) is 2. The Bertz CT molecular complexity index is 826. The molecule has 0 aliphatic rings. The number of fused-ring (bicyclic) bond motifs is 1. The summed E-state index contributed by atoms with van der Waals surface area (Å²) in [7, 11) is 0. The Hall–Kier alpha value is -2.46. The van der Waals surface area contributed by atoms with Crippen LogP contribution in [0.25, 0.3) is 22.0 Å². The van der Waals surface area contributed by atoms with Gasteiger partial charge in [0, 0.05) is 17.6 Å². The van der Waals surface area contributed by atoms with E-state index in [-0.39, 0.29) is 6.04 Å². The Morgan fingerprint density at radius 3 is 2.52 bits per heavy atom. The maximum Gasteiger partial charge on any atom is 0.123 e. The standard InChI is InChI=1S/C19H22N4/c1-12(2)9-16(20)18-6-4-15-10-13(3-5-17(15)23-18)14-7-8-22-19(21)11-14/h3-8,10-12,16H,9,20H2,1-2H3,(H2,21,22).